The number of sulfonamides is 1. The van der Waals surface area contributed by atoms with Crippen LogP contribution in [0.3, 0.4) is 0 Å². The van der Waals surface area contributed by atoms with Gasteiger partial charge in [0.15, 0.2) is 0 Å². The zero-order valence-electron chi connectivity index (χ0n) is 13.9. The van der Waals surface area contributed by atoms with Gasteiger partial charge in [0.1, 0.15) is 11.5 Å². The SMILES string of the molecule is CCOc1ccc(CCNS(=O)(=O)c2ccc(OC(F)(F)F)cc2)cc1. The van der Waals surface area contributed by atoms with Crippen molar-refractivity contribution in [3.05, 3.63) is 54.1 Å². The van der Waals surface area contributed by atoms with Crippen LogP contribution in [0.25, 0.3) is 0 Å². The monoisotopic (exact) mass is 389 g/mol. The van der Waals surface area contributed by atoms with Crippen LogP contribution >= 0.6 is 0 Å². The molecular weight excluding hydrogens is 371 g/mol. The minimum absolute atomic E-state index is 0.140. The van der Waals surface area contributed by atoms with E-state index in [2.05, 4.69) is 9.46 Å². The van der Waals surface area contributed by atoms with E-state index in [-0.39, 0.29) is 11.4 Å². The Morgan fingerprint density at radius 3 is 2.08 bits per heavy atom. The molecule has 2 aromatic rings. The van der Waals surface area contributed by atoms with Gasteiger partial charge in [-0.15, -0.1) is 13.2 Å². The smallest absolute Gasteiger partial charge is 0.494 e. The van der Waals surface area contributed by atoms with Crippen molar-refractivity contribution >= 4 is 10.0 Å². The van der Waals surface area contributed by atoms with E-state index in [0.29, 0.717) is 13.0 Å². The molecule has 2 rings (SSSR count). The molecule has 0 spiro atoms. The van der Waals surface area contributed by atoms with Crippen LogP contribution in [-0.2, 0) is 16.4 Å². The zero-order valence-corrected chi connectivity index (χ0v) is 14.7. The predicted molar refractivity (Wildman–Crippen MR) is 89.6 cm³/mol. The van der Waals surface area contributed by atoms with Gasteiger partial charge in [-0.25, -0.2) is 13.1 Å². The van der Waals surface area contributed by atoms with Crippen molar-refractivity contribution < 1.29 is 31.1 Å². The van der Waals surface area contributed by atoms with E-state index in [1.54, 1.807) is 12.1 Å². The molecule has 0 aliphatic heterocycles. The summed E-state index contributed by atoms with van der Waals surface area (Å²) >= 11 is 0. The number of alkyl halides is 3. The maximum absolute atomic E-state index is 12.2. The van der Waals surface area contributed by atoms with E-state index in [1.807, 2.05) is 19.1 Å². The first-order chi connectivity index (χ1) is 12.2. The fraction of sp³-hybridized carbons (Fsp3) is 0.294. The molecular formula is C17H18F3NO4S. The summed E-state index contributed by atoms with van der Waals surface area (Å²) in [4.78, 5) is -0.140. The first-order valence-corrected chi connectivity index (χ1v) is 9.25. The van der Waals surface area contributed by atoms with E-state index >= 15 is 0 Å². The number of rotatable bonds is 8. The number of nitrogens with one attached hydrogen (secondary N) is 1. The molecule has 0 radical (unpaired) electrons. The molecule has 0 heterocycles. The van der Waals surface area contributed by atoms with Gasteiger partial charge >= 0.3 is 6.36 Å². The number of halogens is 3. The molecule has 0 amide bonds. The maximum atomic E-state index is 12.2. The van der Waals surface area contributed by atoms with Gasteiger partial charge in [-0.1, -0.05) is 12.1 Å². The molecule has 9 heteroatoms. The number of benzene rings is 2. The summed E-state index contributed by atoms with van der Waals surface area (Å²) in [5.74, 6) is 0.254. The lowest BCUT2D eigenvalue weighted by molar-refractivity contribution is -0.274. The largest absolute Gasteiger partial charge is 0.573 e. The van der Waals surface area contributed by atoms with Crippen molar-refractivity contribution in [1.29, 1.82) is 0 Å². The lowest BCUT2D eigenvalue weighted by atomic mass is 10.1. The third-order valence-electron chi connectivity index (χ3n) is 3.31. The van der Waals surface area contributed by atoms with Crippen molar-refractivity contribution in [2.24, 2.45) is 0 Å². The molecule has 0 saturated carbocycles. The Morgan fingerprint density at radius 1 is 0.962 bits per heavy atom. The first-order valence-electron chi connectivity index (χ1n) is 7.77. The quantitative estimate of drug-likeness (QED) is 0.751. The van der Waals surface area contributed by atoms with Gasteiger partial charge in [0.25, 0.3) is 0 Å². The lowest BCUT2D eigenvalue weighted by Crippen LogP contribution is -2.26. The summed E-state index contributed by atoms with van der Waals surface area (Å²) in [6.07, 6.45) is -4.36. The number of ether oxygens (including phenoxy) is 2. The number of hydrogen-bond acceptors (Lipinski definition) is 4. The van der Waals surface area contributed by atoms with Crippen LogP contribution in [0, 0.1) is 0 Å². The van der Waals surface area contributed by atoms with E-state index in [9.17, 15) is 21.6 Å². The van der Waals surface area contributed by atoms with Gasteiger partial charge in [0, 0.05) is 6.54 Å². The summed E-state index contributed by atoms with van der Waals surface area (Å²) in [5.41, 5.74) is 0.921. The topological polar surface area (TPSA) is 64.6 Å². The van der Waals surface area contributed by atoms with Gasteiger partial charge in [0.05, 0.1) is 11.5 Å². The highest BCUT2D eigenvalue weighted by Gasteiger charge is 2.31. The van der Waals surface area contributed by atoms with Crippen molar-refractivity contribution in [2.75, 3.05) is 13.2 Å². The normalized spacial score (nSPS) is 12.0. The second kappa shape index (κ2) is 8.41. The molecule has 0 aliphatic carbocycles. The Balaban J connectivity index is 1.91. The summed E-state index contributed by atoms with van der Waals surface area (Å²) < 4.78 is 72.1. The van der Waals surface area contributed by atoms with Crippen LogP contribution in [0.2, 0.25) is 0 Å². The number of hydrogen-bond donors (Lipinski definition) is 1. The molecule has 0 saturated heterocycles. The zero-order chi connectivity index (χ0) is 19.2. The van der Waals surface area contributed by atoms with E-state index in [1.165, 1.54) is 0 Å². The molecule has 0 atom stereocenters. The average molecular weight is 389 g/mol. The molecule has 0 bridgehead atoms. The predicted octanol–water partition coefficient (Wildman–Crippen LogP) is 3.50. The van der Waals surface area contributed by atoms with Crippen LogP contribution in [0.1, 0.15) is 12.5 Å². The van der Waals surface area contributed by atoms with Crippen molar-refractivity contribution in [3.8, 4) is 11.5 Å². The van der Waals surface area contributed by atoms with Gasteiger partial charge < -0.3 is 9.47 Å². The van der Waals surface area contributed by atoms with Crippen LogP contribution in [0.5, 0.6) is 11.5 Å². The molecule has 0 unspecified atom stereocenters. The Labute approximate surface area is 149 Å². The van der Waals surface area contributed by atoms with Crippen LogP contribution in [-0.4, -0.2) is 27.9 Å². The van der Waals surface area contributed by atoms with Gasteiger partial charge in [-0.3, -0.25) is 0 Å². The minimum Gasteiger partial charge on any atom is -0.494 e. The second-order valence-corrected chi connectivity index (χ2v) is 7.01. The summed E-state index contributed by atoms with van der Waals surface area (Å²) in [5, 5.41) is 0. The van der Waals surface area contributed by atoms with Crippen LogP contribution in [0.15, 0.2) is 53.4 Å². The van der Waals surface area contributed by atoms with Crippen molar-refractivity contribution in [1.82, 2.24) is 4.72 Å². The van der Waals surface area contributed by atoms with E-state index in [0.717, 1.165) is 35.6 Å². The third-order valence-corrected chi connectivity index (χ3v) is 4.78. The van der Waals surface area contributed by atoms with E-state index < -0.39 is 22.1 Å². The standard InChI is InChI=1S/C17H18F3NO4S/c1-2-24-14-5-3-13(4-6-14)11-12-21-26(22,23)16-9-7-15(8-10-16)25-17(18,19)20/h3-10,21H,2,11-12H2,1H3. The molecule has 26 heavy (non-hydrogen) atoms. The van der Waals surface area contributed by atoms with Crippen LogP contribution in [0.4, 0.5) is 13.2 Å². The summed E-state index contributed by atoms with van der Waals surface area (Å²) in [7, 11) is -3.82. The Kier molecular flexibility index (Phi) is 6.49. The molecule has 0 aliphatic rings. The molecule has 2 aromatic carbocycles. The summed E-state index contributed by atoms with van der Waals surface area (Å²) in [6.45, 7) is 2.59. The van der Waals surface area contributed by atoms with Crippen molar-refractivity contribution in [3.63, 3.8) is 0 Å². The lowest BCUT2D eigenvalue weighted by Gasteiger charge is -2.10. The second-order valence-electron chi connectivity index (χ2n) is 5.24. The third kappa shape index (κ3) is 6.23. The molecule has 142 valence electrons. The highest BCUT2D eigenvalue weighted by atomic mass is 32.2. The fourth-order valence-electron chi connectivity index (χ4n) is 2.15. The molecule has 1 N–H and O–H groups in total. The molecule has 5 nitrogen and oxygen atoms in total. The Hall–Kier alpha value is -2.26. The highest BCUT2D eigenvalue weighted by Crippen LogP contribution is 2.23. The maximum Gasteiger partial charge on any atom is 0.573 e. The van der Waals surface area contributed by atoms with Gasteiger partial charge in [0.2, 0.25) is 10.0 Å². The molecule has 0 aromatic heterocycles. The van der Waals surface area contributed by atoms with E-state index in [4.69, 9.17) is 4.74 Å². The minimum atomic E-state index is -4.82. The Morgan fingerprint density at radius 2 is 1.54 bits per heavy atom. The molecule has 0 fully saturated rings. The average Bonchev–Trinajstić information content (AvgIpc) is 2.56. The fourth-order valence-corrected chi connectivity index (χ4v) is 3.18. The summed E-state index contributed by atoms with van der Waals surface area (Å²) in [6, 6.07) is 11.3. The Bertz CT molecular complexity index is 803. The first kappa shape index (κ1) is 20.1. The van der Waals surface area contributed by atoms with Crippen LogP contribution < -0.4 is 14.2 Å². The van der Waals surface area contributed by atoms with Gasteiger partial charge in [-0.05, 0) is 55.3 Å². The van der Waals surface area contributed by atoms with Crippen molar-refractivity contribution in [2.45, 2.75) is 24.6 Å². The van der Waals surface area contributed by atoms with Gasteiger partial charge in [-0.2, -0.15) is 0 Å². The highest BCUT2D eigenvalue weighted by molar-refractivity contribution is 7.89.